The highest BCUT2D eigenvalue weighted by molar-refractivity contribution is 6.33. The van der Waals surface area contributed by atoms with Gasteiger partial charge in [0.1, 0.15) is 0 Å². The Labute approximate surface area is 114 Å². The third-order valence-corrected chi connectivity index (χ3v) is 3.14. The predicted octanol–water partition coefficient (Wildman–Crippen LogP) is 3.63. The van der Waals surface area contributed by atoms with Crippen molar-refractivity contribution in [1.29, 1.82) is 0 Å². The molecule has 0 saturated carbocycles. The molecule has 0 spiro atoms. The molecule has 2 heterocycles. The second kappa shape index (κ2) is 4.59. The first-order valence-corrected chi connectivity index (χ1v) is 6.22. The van der Waals surface area contributed by atoms with Crippen molar-refractivity contribution in [2.75, 3.05) is 0 Å². The van der Waals surface area contributed by atoms with E-state index in [1.807, 2.05) is 36.5 Å². The molecule has 0 aliphatic carbocycles. The quantitative estimate of drug-likeness (QED) is 0.716. The lowest BCUT2D eigenvalue weighted by atomic mass is 10.1. The van der Waals surface area contributed by atoms with Gasteiger partial charge in [0.25, 0.3) is 0 Å². The molecule has 0 fully saturated rings. The second-order valence-electron chi connectivity index (χ2n) is 3.96. The van der Waals surface area contributed by atoms with E-state index in [1.54, 1.807) is 10.6 Å². The summed E-state index contributed by atoms with van der Waals surface area (Å²) in [6.07, 6.45) is 2.47. The maximum absolute atomic E-state index is 6.05. The van der Waals surface area contributed by atoms with Crippen LogP contribution in [-0.4, -0.2) is 14.6 Å². The fourth-order valence-electron chi connectivity index (χ4n) is 1.82. The third kappa shape index (κ3) is 2.19. The van der Waals surface area contributed by atoms with Crippen LogP contribution in [0.5, 0.6) is 0 Å². The summed E-state index contributed by atoms with van der Waals surface area (Å²) >= 11 is 12.0. The smallest absolute Gasteiger partial charge is 0.174 e. The number of benzene rings is 1. The fourth-order valence-corrected chi connectivity index (χ4v) is 2.24. The maximum Gasteiger partial charge on any atom is 0.174 e. The first-order valence-electron chi connectivity index (χ1n) is 5.46. The standard InChI is InChI=1S/C13H9Cl2N3/c14-10-4-1-3-9(7-10)8-12-16-13-11(15)5-2-6-18(13)17-12/h1-7H,8H2. The van der Waals surface area contributed by atoms with Gasteiger partial charge in [0, 0.05) is 17.6 Å². The van der Waals surface area contributed by atoms with Crippen LogP contribution in [0, 0.1) is 0 Å². The predicted molar refractivity (Wildman–Crippen MR) is 72.3 cm³/mol. The van der Waals surface area contributed by atoms with E-state index < -0.39 is 0 Å². The molecule has 0 aliphatic rings. The molecule has 0 amide bonds. The average Bonchev–Trinajstić information content (AvgIpc) is 2.73. The molecule has 3 nitrogen and oxygen atoms in total. The third-order valence-electron chi connectivity index (χ3n) is 2.61. The first-order chi connectivity index (χ1) is 8.72. The van der Waals surface area contributed by atoms with Crippen LogP contribution in [0.1, 0.15) is 11.4 Å². The number of hydrogen-bond donors (Lipinski definition) is 0. The molecule has 0 atom stereocenters. The van der Waals surface area contributed by atoms with Gasteiger partial charge < -0.3 is 0 Å². The Morgan fingerprint density at radius 1 is 1.11 bits per heavy atom. The fraction of sp³-hybridized carbons (Fsp3) is 0.0769. The summed E-state index contributed by atoms with van der Waals surface area (Å²) in [7, 11) is 0. The van der Waals surface area contributed by atoms with Gasteiger partial charge in [-0.15, -0.1) is 0 Å². The molecule has 0 N–H and O–H groups in total. The molecule has 3 rings (SSSR count). The number of fused-ring (bicyclic) bond motifs is 1. The van der Waals surface area contributed by atoms with E-state index in [0.29, 0.717) is 22.1 Å². The van der Waals surface area contributed by atoms with Crippen molar-refractivity contribution >= 4 is 28.8 Å². The summed E-state index contributed by atoms with van der Waals surface area (Å²) in [5, 5.41) is 5.69. The maximum atomic E-state index is 6.05. The lowest BCUT2D eigenvalue weighted by Crippen LogP contribution is -1.91. The van der Waals surface area contributed by atoms with Crippen LogP contribution in [0.4, 0.5) is 0 Å². The zero-order valence-electron chi connectivity index (χ0n) is 9.35. The summed E-state index contributed by atoms with van der Waals surface area (Å²) in [4.78, 5) is 4.41. The number of pyridine rings is 1. The topological polar surface area (TPSA) is 30.2 Å². The van der Waals surface area contributed by atoms with Gasteiger partial charge in [0.15, 0.2) is 11.5 Å². The largest absolute Gasteiger partial charge is 0.219 e. The van der Waals surface area contributed by atoms with E-state index in [9.17, 15) is 0 Å². The Morgan fingerprint density at radius 3 is 2.78 bits per heavy atom. The van der Waals surface area contributed by atoms with E-state index in [1.165, 1.54) is 0 Å². The van der Waals surface area contributed by atoms with Crippen LogP contribution in [0.25, 0.3) is 5.65 Å². The lowest BCUT2D eigenvalue weighted by molar-refractivity contribution is 0.900. The summed E-state index contributed by atoms with van der Waals surface area (Å²) in [6, 6.07) is 11.3. The highest BCUT2D eigenvalue weighted by Crippen LogP contribution is 2.17. The van der Waals surface area contributed by atoms with Gasteiger partial charge in [-0.1, -0.05) is 35.3 Å². The van der Waals surface area contributed by atoms with E-state index in [2.05, 4.69) is 10.1 Å². The van der Waals surface area contributed by atoms with Gasteiger partial charge in [0.2, 0.25) is 0 Å². The molecular formula is C13H9Cl2N3. The van der Waals surface area contributed by atoms with Crippen molar-refractivity contribution in [3.63, 3.8) is 0 Å². The molecule has 2 aromatic heterocycles. The highest BCUT2D eigenvalue weighted by Gasteiger charge is 2.07. The van der Waals surface area contributed by atoms with Crippen LogP contribution in [0.3, 0.4) is 0 Å². The Balaban J connectivity index is 1.98. The van der Waals surface area contributed by atoms with Crippen LogP contribution < -0.4 is 0 Å². The molecule has 0 aliphatic heterocycles. The van der Waals surface area contributed by atoms with Gasteiger partial charge in [-0.3, -0.25) is 0 Å². The van der Waals surface area contributed by atoms with E-state index >= 15 is 0 Å². The molecule has 90 valence electrons. The lowest BCUT2D eigenvalue weighted by Gasteiger charge is -1.97. The summed E-state index contributed by atoms with van der Waals surface area (Å²) in [5.41, 5.74) is 1.76. The van der Waals surface area contributed by atoms with Crippen molar-refractivity contribution in [3.8, 4) is 0 Å². The summed E-state index contributed by atoms with van der Waals surface area (Å²) in [5.74, 6) is 0.727. The minimum absolute atomic E-state index is 0.599. The number of hydrogen-bond acceptors (Lipinski definition) is 2. The summed E-state index contributed by atoms with van der Waals surface area (Å²) in [6.45, 7) is 0. The molecule has 0 saturated heterocycles. The molecule has 0 unspecified atom stereocenters. The van der Waals surface area contributed by atoms with Crippen molar-refractivity contribution in [2.24, 2.45) is 0 Å². The molecule has 1 aromatic carbocycles. The zero-order valence-corrected chi connectivity index (χ0v) is 10.9. The number of aromatic nitrogens is 3. The van der Waals surface area contributed by atoms with Crippen molar-refractivity contribution in [1.82, 2.24) is 14.6 Å². The van der Waals surface area contributed by atoms with E-state index in [-0.39, 0.29) is 0 Å². The SMILES string of the molecule is Clc1cccc(Cc2nc3c(Cl)cccn3n2)c1. The normalized spacial score (nSPS) is 11.0. The molecule has 18 heavy (non-hydrogen) atoms. The van der Waals surface area contributed by atoms with Gasteiger partial charge in [0.05, 0.1) is 5.02 Å². The first kappa shape index (κ1) is 11.5. The van der Waals surface area contributed by atoms with Gasteiger partial charge in [-0.2, -0.15) is 5.10 Å². The van der Waals surface area contributed by atoms with Crippen molar-refractivity contribution in [2.45, 2.75) is 6.42 Å². The van der Waals surface area contributed by atoms with Crippen molar-refractivity contribution in [3.05, 3.63) is 64.0 Å². The van der Waals surface area contributed by atoms with Crippen LogP contribution in [-0.2, 0) is 6.42 Å². The minimum Gasteiger partial charge on any atom is -0.219 e. The molecule has 5 heteroatoms. The van der Waals surface area contributed by atoms with Gasteiger partial charge in [-0.05, 0) is 29.8 Å². The molecular weight excluding hydrogens is 269 g/mol. The van der Waals surface area contributed by atoms with E-state index in [4.69, 9.17) is 23.2 Å². The zero-order chi connectivity index (χ0) is 12.5. The summed E-state index contributed by atoms with van der Waals surface area (Å²) < 4.78 is 1.68. The highest BCUT2D eigenvalue weighted by atomic mass is 35.5. The van der Waals surface area contributed by atoms with Gasteiger partial charge in [-0.25, -0.2) is 9.50 Å². The average molecular weight is 278 g/mol. The molecule has 3 aromatic rings. The monoisotopic (exact) mass is 277 g/mol. The van der Waals surface area contributed by atoms with Crippen LogP contribution >= 0.6 is 23.2 Å². The number of rotatable bonds is 2. The number of halogens is 2. The van der Waals surface area contributed by atoms with Crippen LogP contribution in [0.2, 0.25) is 10.0 Å². The van der Waals surface area contributed by atoms with Crippen molar-refractivity contribution < 1.29 is 0 Å². The molecule has 0 radical (unpaired) electrons. The molecule has 0 bridgehead atoms. The minimum atomic E-state index is 0.599. The Hall–Kier alpha value is -1.58. The number of nitrogens with zero attached hydrogens (tertiary/aromatic N) is 3. The van der Waals surface area contributed by atoms with E-state index in [0.717, 1.165) is 11.4 Å². The Morgan fingerprint density at radius 2 is 2.00 bits per heavy atom. The second-order valence-corrected chi connectivity index (χ2v) is 4.80. The van der Waals surface area contributed by atoms with Crippen LogP contribution in [0.15, 0.2) is 42.6 Å². The Bertz CT molecular complexity index is 706. The van der Waals surface area contributed by atoms with Gasteiger partial charge >= 0.3 is 0 Å². The Kier molecular flexibility index (Phi) is 2.94.